The average molecular weight is 286 g/mol. The Morgan fingerprint density at radius 3 is 2.81 bits per heavy atom. The van der Waals surface area contributed by atoms with Gasteiger partial charge in [-0.2, -0.15) is 0 Å². The number of aromatic nitrogens is 1. The summed E-state index contributed by atoms with van der Waals surface area (Å²) in [5.41, 5.74) is 0.734. The van der Waals surface area contributed by atoms with Gasteiger partial charge < -0.3 is 19.9 Å². The summed E-state index contributed by atoms with van der Waals surface area (Å²) in [6.45, 7) is 1.19. The second kappa shape index (κ2) is 5.70. The molecule has 108 valence electrons. The Hall–Kier alpha value is -2.76. The van der Waals surface area contributed by atoms with E-state index in [1.54, 1.807) is 18.2 Å². The third-order valence-electron chi connectivity index (χ3n) is 3.05. The molecule has 0 radical (unpaired) electrons. The van der Waals surface area contributed by atoms with Crippen LogP contribution < -0.4 is 14.8 Å². The lowest BCUT2D eigenvalue weighted by molar-refractivity contribution is 0.102. The molecule has 1 aromatic heterocycles. The number of aromatic hydroxyl groups is 1. The molecule has 0 spiro atoms. The Kier molecular flexibility index (Phi) is 3.59. The summed E-state index contributed by atoms with van der Waals surface area (Å²) in [6.07, 6.45) is 3.49. The maximum absolute atomic E-state index is 12.1. The zero-order chi connectivity index (χ0) is 14.7. The molecule has 2 heterocycles. The average Bonchev–Trinajstić information content (AvgIpc) is 2.72. The molecule has 0 unspecified atom stereocenters. The van der Waals surface area contributed by atoms with Crippen LogP contribution in [0.3, 0.4) is 0 Å². The fourth-order valence-electron chi connectivity index (χ4n) is 2.02. The molecule has 1 aromatic carbocycles. The van der Waals surface area contributed by atoms with Crippen molar-refractivity contribution in [2.75, 3.05) is 18.5 Å². The molecule has 2 aromatic rings. The van der Waals surface area contributed by atoms with Crippen LogP contribution in [-0.4, -0.2) is 29.2 Å². The fraction of sp³-hybridized carbons (Fsp3) is 0.200. The van der Waals surface area contributed by atoms with E-state index in [1.165, 1.54) is 18.5 Å². The van der Waals surface area contributed by atoms with Crippen molar-refractivity contribution in [2.24, 2.45) is 0 Å². The zero-order valence-corrected chi connectivity index (χ0v) is 11.2. The number of ether oxygens (including phenoxy) is 2. The van der Waals surface area contributed by atoms with Gasteiger partial charge in [0.1, 0.15) is 5.75 Å². The summed E-state index contributed by atoms with van der Waals surface area (Å²) in [6, 6.07) is 6.64. The molecule has 6 nitrogen and oxygen atoms in total. The van der Waals surface area contributed by atoms with E-state index >= 15 is 0 Å². The highest BCUT2D eigenvalue weighted by Gasteiger charge is 2.14. The lowest BCUT2D eigenvalue weighted by Gasteiger charge is -2.10. The quantitative estimate of drug-likeness (QED) is 0.884. The molecule has 0 bridgehead atoms. The van der Waals surface area contributed by atoms with Gasteiger partial charge in [0.05, 0.1) is 25.0 Å². The molecule has 0 atom stereocenters. The molecule has 0 aliphatic carbocycles. The maximum Gasteiger partial charge on any atom is 0.259 e. The van der Waals surface area contributed by atoms with Crippen LogP contribution in [0, 0.1) is 0 Å². The van der Waals surface area contributed by atoms with E-state index in [4.69, 9.17) is 9.47 Å². The number of carbonyl (C=O) groups excluding carboxylic acids is 1. The number of hydrogen-bond acceptors (Lipinski definition) is 5. The molecule has 2 N–H and O–H groups in total. The fourth-order valence-corrected chi connectivity index (χ4v) is 2.02. The Morgan fingerprint density at radius 2 is 2.00 bits per heavy atom. The highest BCUT2D eigenvalue weighted by atomic mass is 16.5. The summed E-state index contributed by atoms with van der Waals surface area (Å²) in [4.78, 5) is 15.8. The molecular weight excluding hydrogens is 272 g/mol. The van der Waals surface area contributed by atoms with Gasteiger partial charge in [0.25, 0.3) is 5.91 Å². The van der Waals surface area contributed by atoms with Crippen molar-refractivity contribution in [1.82, 2.24) is 4.98 Å². The number of hydrogen-bond donors (Lipinski definition) is 2. The Labute approximate surface area is 121 Å². The van der Waals surface area contributed by atoms with E-state index in [9.17, 15) is 9.90 Å². The standard InChI is InChI=1S/C15H14N2O4/c18-12-9-16-5-4-11(12)15(19)17-10-2-3-13-14(8-10)21-7-1-6-20-13/h2-5,8-9,18H,1,6-7H2,(H,17,19). The van der Waals surface area contributed by atoms with E-state index in [0.717, 1.165) is 6.42 Å². The first-order chi connectivity index (χ1) is 10.2. The first kappa shape index (κ1) is 13.2. The minimum atomic E-state index is -0.413. The molecule has 0 saturated heterocycles. The summed E-state index contributed by atoms with van der Waals surface area (Å²) in [5, 5.41) is 12.3. The third-order valence-corrected chi connectivity index (χ3v) is 3.05. The number of nitrogens with zero attached hydrogens (tertiary/aromatic N) is 1. The first-order valence-corrected chi connectivity index (χ1v) is 6.58. The minimum Gasteiger partial charge on any atom is -0.505 e. The SMILES string of the molecule is O=C(Nc1ccc2c(c1)OCCCO2)c1ccncc1O. The minimum absolute atomic E-state index is 0.163. The summed E-state index contributed by atoms with van der Waals surface area (Å²) < 4.78 is 11.1. The smallest absolute Gasteiger partial charge is 0.259 e. The second-order valence-corrected chi connectivity index (χ2v) is 4.56. The summed E-state index contributed by atoms with van der Waals surface area (Å²) in [7, 11) is 0. The van der Waals surface area contributed by atoms with Crippen molar-refractivity contribution in [1.29, 1.82) is 0 Å². The number of pyridine rings is 1. The second-order valence-electron chi connectivity index (χ2n) is 4.56. The van der Waals surface area contributed by atoms with Crippen molar-refractivity contribution >= 4 is 11.6 Å². The van der Waals surface area contributed by atoms with Crippen molar-refractivity contribution in [3.05, 3.63) is 42.2 Å². The van der Waals surface area contributed by atoms with Gasteiger partial charge >= 0.3 is 0 Å². The maximum atomic E-state index is 12.1. The number of rotatable bonds is 2. The molecule has 6 heteroatoms. The van der Waals surface area contributed by atoms with E-state index in [0.29, 0.717) is 30.4 Å². The van der Waals surface area contributed by atoms with Gasteiger partial charge in [-0.25, -0.2) is 0 Å². The number of carbonyl (C=O) groups is 1. The molecular formula is C15H14N2O4. The molecule has 1 aliphatic heterocycles. The van der Waals surface area contributed by atoms with E-state index in [-0.39, 0.29) is 11.3 Å². The number of benzene rings is 1. The predicted octanol–water partition coefficient (Wildman–Crippen LogP) is 2.20. The van der Waals surface area contributed by atoms with Crippen LogP contribution in [0.4, 0.5) is 5.69 Å². The third kappa shape index (κ3) is 2.89. The van der Waals surface area contributed by atoms with Crippen molar-refractivity contribution in [2.45, 2.75) is 6.42 Å². The largest absolute Gasteiger partial charge is 0.505 e. The molecule has 21 heavy (non-hydrogen) atoms. The highest BCUT2D eigenvalue weighted by molar-refractivity contribution is 6.06. The van der Waals surface area contributed by atoms with Gasteiger partial charge in [0.15, 0.2) is 11.5 Å². The Bertz CT molecular complexity index is 672. The van der Waals surface area contributed by atoms with Gasteiger partial charge in [0.2, 0.25) is 0 Å². The first-order valence-electron chi connectivity index (χ1n) is 6.58. The van der Waals surface area contributed by atoms with Crippen molar-refractivity contribution in [3.8, 4) is 17.2 Å². The van der Waals surface area contributed by atoms with Gasteiger partial charge in [-0.15, -0.1) is 0 Å². The van der Waals surface area contributed by atoms with Gasteiger partial charge in [0, 0.05) is 24.4 Å². The topological polar surface area (TPSA) is 80.7 Å². The predicted molar refractivity (Wildman–Crippen MR) is 75.9 cm³/mol. The molecule has 1 aliphatic rings. The molecule has 0 fully saturated rings. The lowest BCUT2D eigenvalue weighted by atomic mass is 10.2. The van der Waals surface area contributed by atoms with Gasteiger partial charge in [-0.05, 0) is 18.2 Å². The number of anilines is 1. The number of amides is 1. The highest BCUT2D eigenvalue weighted by Crippen LogP contribution is 2.32. The lowest BCUT2D eigenvalue weighted by Crippen LogP contribution is -2.12. The molecule has 1 amide bonds. The summed E-state index contributed by atoms with van der Waals surface area (Å²) in [5.74, 6) is 0.690. The zero-order valence-electron chi connectivity index (χ0n) is 11.2. The number of fused-ring (bicyclic) bond motifs is 1. The normalized spacial score (nSPS) is 13.3. The molecule has 0 saturated carbocycles. The van der Waals surface area contributed by atoms with Crippen LogP contribution in [0.5, 0.6) is 17.2 Å². The van der Waals surface area contributed by atoms with Crippen molar-refractivity contribution < 1.29 is 19.4 Å². The Balaban J connectivity index is 1.81. The van der Waals surface area contributed by atoms with Crippen LogP contribution >= 0.6 is 0 Å². The van der Waals surface area contributed by atoms with Gasteiger partial charge in [-0.1, -0.05) is 0 Å². The van der Waals surface area contributed by atoms with Crippen LogP contribution in [0.15, 0.2) is 36.7 Å². The van der Waals surface area contributed by atoms with E-state index in [1.807, 2.05) is 0 Å². The van der Waals surface area contributed by atoms with Crippen LogP contribution in [0.2, 0.25) is 0 Å². The number of nitrogens with one attached hydrogen (secondary N) is 1. The van der Waals surface area contributed by atoms with E-state index < -0.39 is 5.91 Å². The van der Waals surface area contributed by atoms with Crippen LogP contribution in [0.1, 0.15) is 16.8 Å². The monoisotopic (exact) mass is 286 g/mol. The Morgan fingerprint density at radius 1 is 1.19 bits per heavy atom. The van der Waals surface area contributed by atoms with Gasteiger partial charge in [-0.3, -0.25) is 9.78 Å². The van der Waals surface area contributed by atoms with E-state index in [2.05, 4.69) is 10.3 Å². The van der Waals surface area contributed by atoms with Crippen LogP contribution in [0.25, 0.3) is 0 Å². The molecule has 3 rings (SSSR count). The summed E-state index contributed by atoms with van der Waals surface area (Å²) >= 11 is 0. The van der Waals surface area contributed by atoms with Crippen LogP contribution in [-0.2, 0) is 0 Å². The van der Waals surface area contributed by atoms with Crippen molar-refractivity contribution in [3.63, 3.8) is 0 Å².